The molecule has 248 valence electrons. The predicted molar refractivity (Wildman–Crippen MR) is 197 cm³/mol. The van der Waals surface area contributed by atoms with Crippen LogP contribution in [-0.4, -0.2) is 39.2 Å². The van der Waals surface area contributed by atoms with Gasteiger partial charge in [0.2, 0.25) is 0 Å². The van der Waals surface area contributed by atoms with E-state index < -0.39 is 23.6 Å². The normalized spacial score (nSPS) is 14.7. The lowest BCUT2D eigenvalue weighted by atomic mass is 9.85. The monoisotopic (exact) mass is 659 g/mol. The maximum Gasteiger partial charge on any atom is 0.280 e. The van der Waals surface area contributed by atoms with Crippen LogP contribution in [0.5, 0.6) is 0 Å². The van der Waals surface area contributed by atoms with E-state index in [4.69, 9.17) is 0 Å². The van der Waals surface area contributed by atoms with Gasteiger partial charge >= 0.3 is 0 Å². The highest BCUT2D eigenvalue weighted by molar-refractivity contribution is 6.37. The Hall–Kier alpha value is -5.82. The Morgan fingerprint density at radius 1 is 0.560 bits per heavy atom. The molecule has 0 bridgehead atoms. The summed E-state index contributed by atoms with van der Waals surface area (Å²) >= 11 is 0. The molecule has 0 saturated heterocycles. The van der Waals surface area contributed by atoms with Crippen molar-refractivity contribution in [1.29, 1.82) is 0 Å². The number of fused-ring (bicyclic) bond motifs is 1. The zero-order valence-electron chi connectivity index (χ0n) is 28.6. The molecular weight excluding hydrogens is 622 g/mol. The fourth-order valence-electron chi connectivity index (χ4n) is 7.78. The molecule has 3 heterocycles. The summed E-state index contributed by atoms with van der Waals surface area (Å²) in [5.41, 5.74) is 6.54. The first-order valence-corrected chi connectivity index (χ1v) is 17.4. The molecule has 0 aliphatic carbocycles. The summed E-state index contributed by atoms with van der Waals surface area (Å²) in [5, 5.41) is 3.81. The second kappa shape index (κ2) is 11.9. The Kier molecular flexibility index (Phi) is 7.52. The van der Waals surface area contributed by atoms with Gasteiger partial charge in [0.25, 0.3) is 23.6 Å². The Labute approximate surface area is 290 Å². The lowest BCUT2D eigenvalue weighted by Crippen LogP contribution is -2.49. The van der Waals surface area contributed by atoms with E-state index in [1.165, 1.54) is 9.91 Å². The molecule has 50 heavy (non-hydrogen) atoms. The zero-order valence-corrected chi connectivity index (χ0v) is 28.6. The Morgan fingerprint density at radius 2 is 0.980 bits per heavy atom. The summed E-state index contributed by atoms with van der Waals surface area (Å²) in [6.07, 6.45) is 3.69. The first-order valence-electron chi connectivity index (χ1n) is 17.4. The van der Waals surface area contributed by atoms with Gasteiger partial charge in [0.15, 0.2) is 0 Å². The summed E-state index contributed by atoms with van der Waals surface area (Å²) in [6.45, 7) is 8.15. The van der Waals surface area contributed by atoms with Gasteiger partial charge in [-0.1, -0.05) is 86.8 Å². The topological polar surface area (TPSA) is 79.7 Å². The molecule has 1 aromatic heterocycles. The van der Waals surface area contributed by atoms with Crippen LogP contribution >= 0.6 is 0 Å². The summed E-state index contributed by atoms with van der Waals surface area (Å²) in [5.74, 6) is -1.83. The second-order valence-corrected chi connectivity index (χ2v) is 13.5. The van der Waals surface area contributed by atoms with Crippen molar-refractivity contribution in [3.8, 4) is 22.5 Å². The smallest absolute Gasteiger partial charge is 0.272 e. The molecule has 2 aliphatic rings. The molecular formula is C43H37N3O4. The van der Waals surface area contributed by atoms with Crippen LogP contribution in [0.1, 0.15) is 92.1 Å². The van der Waals surface area contributed by atoms with Crippen molar-refractivity contribution >= 4 is 45.2 Å². The van der Waals surface area contributed by atoms with Crippen LogP contribution in [0, 0.1) is 13.8 Å². The van der Waals surface area contributed by atoms with Crippen molar-refractivity contribution in [3.63, 3.8) is 0 Å². The molecule has 0 radical (unpaired) electrons. The van der Waals surface area contributed by atoms with Crippen LogP contribution < -0.4 is 5.01 Å². The average molecular weight is 660 g/mol. The molecule has 0 fully saturated rings. The molecule has 0 N–H and O–H groups in total. The minimum absolute atomic E-state index is 0.272. The van der Waals surface area contributed by atoms with E-state index >= 15 is 0 Å². The van der Waals surface area contributed by atoms with E-state index in [0.717, 1.165) is 63.7 Å². The molecule has 7 nitrogen and oxygen atoms in total. The van der Waals surface area contributed by atoms with Gasteiger partial charge in [-0.2, -0.15) is 5.01 Å². The number of carbonyl (C=O) groups is 4. The molecule has 8 rings (SSSR count). The first kappa shape index (κ1) is 31.4. The molecule has 0 spiro atoms. The number of unbranched alkanes of at least 4 members (excludes halogenated alkanes) is 2. The Bertz CT molecular complexity index is 2260. The van der Waals surface area contributed by atoms with E-state index in [-0.39, 0.29) is 17.2 Å². The van der Waals surface area contributed by atoms with E-state index in [1.807, 2.05) is 67.6 Å². The van der Waals surface area contributed by atoms with Crippen LogP contribution in [0.4, 0.5) is 0 Å². The van der Waals surface area contributed by atoms with E-state index in [1.54, 1.807) is 28.9 Å². The first-order chi connectivity index (χ1) is 24.2. The third-order valence-corrected chi connectivity index (χ3v) is 10.4. The molecule has 4 amide bonds. The number of rotatable bonds is 8. The number of hydrogen-bond acceptors (Lipinski definition) is 4. The van der Waals surface area contributed by atoms with Gasteiger partial charge in [-0.25, -0.2) is 4.68 Å². The highest BCUT2D eigenvalue weighted by Gasteiger charge is 2.43. The number of amides is 4. The highest BCUT2D eigenvalue weighted by Crippen LogP contribution is 2.44. The second-order valence-electron chi connectivity index (χ2n) is 13.5. The largest absolute Gasteiger partial charge is 0.280 e. The number of aromatic nitrogens is 1. The maximum atomic E-state index is 14.9. The van der Waals surface area contributed by atoms with Crippen molar-refractivity contribution in [2.75, 3.05) is 5.01 Å². The van der Waals surface area contributed by atoms with Crippen molar-refractivity contribution < 1.29 is 19.2 Å². The third-order valence-electron chi connectivity index (χ3n) is 10.4. The lowest BCUT2D eigenvalue weighted by Gasteiger charge is -2.35. The third kappa shape index (κ3) is 4.56. The van der Waals surface area contributed by atoms with Crippen molar-refractivity contribution in [3.05, 3.63) is 130 Å². The fourth-order valence-corrected chi connectivity index (χ4v) is 7.78. The van der Waals surface area contributed by atoms with Crippen LogP contribution in [0.3, 0.4) is 0 Å². The van der Waals surface area contributed by atoms with Crippen molar-refractivity contribution in [2.45, 2.75) is 59.4 Å². The minimum Gasteiger partial charge on any atom is -0.272 e. The lowest BCUT2D eigenvalue weighted by molar-refractivity contribution is 0.0541. The number of benzene rings is 5. The zero-order chi connectivity index (χ0) is 34.8. The molecule has 2 aliphatic heterocycles. The molecule has 1 unspecified atom stereocenters. The van der Waals surface area contributed by atoms with E-state index in [2.05, 4.69) is 32.9 Å². The van der Waals surface area contributed by atoms with Crippen LogP contribution in [0.2, 0.25) is 0 Å². The summed E-state index contributed by atoms with van der Waals surface area (Å²) in [4.78, 5) is 59.1. The highest BCUT2D eigenvalue weighted by atomic mass is 16.2. The Morgan fingerprint density at radius 3 is 1.40 bits per heavy atom. The van der Waals surface area contributed by atoms with Gasteiger partial charge in [0.05, 0.1) is 22.5 Å². The van der Waals surface area contributed by atoms with E-state index in [0.29, 0.717) is 28.3 Å². The van der Waals surface area contributed by atoms with Gasteiger partial charge in [0, 0.05) is 49.8 Å². The summed E-state index contributed by atoms with van der Waals surface area (Å²) in [7, 11) is 0. The Balaban J connectivity index is 1.36. The van der Waals surface area contributed by atoms with Crippen molar-refractivity contribution in [2.24, 2.45) is 0 Å². The molecule has 1 atom stereocenters. The quantitative estimate of drug-likeness (QED) is 0.121. The van der Waals surface area contributed by atoms with Gasteiger partial charge < -0.3 is 0 Å². The van der Waals surface area contributed by atoms with E-state index in [9.17, 15) is 19.2 Å². The number of nitrogens with zero attached hydrogens (tertiary/aromatic N) is 3. The van der Waals surface area contributed by atoms with Crippen LogP contribution in [0.15, 0.2) is 97.1 Å². The number of carbonyl (C=O) groups excluding carboxylic acids is 4. The fraction of sp³-hybridized carbons (Fsp3) is 0.209. The van der Waals surface area contributed by atoms with Crippen LogP contribution in [-0.2, 0) is 0 Å². The number of imide groups is 2. The van der Waals surface area contributed by atoms with Gasteiger partial charge in [-0.3, -0.25) is 24.1 Å². The van der Waals surface area contributed by atoms with Crippen molar-refractivity contribution in [1.82, 2.24) is 9.58 Å². The van der Waals surface area contributed by atoms with Gasteiger partial charge in [-0.15, -0.1) is 0 Å². The van der Waals surface area contributed by atoms with Gasteiger partial charge in [0.1, 0.15) is 0 Å². The summed E-state index contributed by atoms with van der Waals surface area (Å²) in [6, 6.07) is 30.1. The molecule has 5 aromatic carbocycles. The molecule has 6 aromatic rings. The molecule has 0 saturated carbocycles. The number of hydrogen-bond donors (Lipinski definition) is 0. The molecule has 7 heteroatoms. The predicted octanol–water partition coefficient (Wildman–Crippen LogP) is 9.24. The van der Waals surface area contributed by atoms with Gasteiger partial charge in [-0.05, 0) is 74.7 Å². The van der Waals surface area contributed by atoms with Crippen LogP contribution in [0.25, 0.3) is 44.1 Å². The maximum absolute atomic E-state index is 14.9. The average Bonchev–Trinajstić information content (AvgIpc) is 3.43. The minimum atomic E-state index is -0.524. The number of aryl methyl sites for hydroxylation is 2. The SMILES string of the molecule is CCCCCC(C)N1C(=O)c2ccc3c4c(ccc(c24)C1=O)C(=O)N(n1c(-c2ccccc2)c2cc(C)c(C)cc2c1-c1ccccc1)C3=O. The standard InChI is InChI=1S/C43H37N3O4/c1-5-6-9-14-27(4)44-40(47)30-19-21-32-37-33(22-20-31(36(30)37)41(44)48)43(50)46(42(32)49)45-38(28-15-10-7-11-16-28)34-23-25(2)26(3)24-35(34)39(45)29-17-12-8-13-18-29/h7-8,10-13,15-24,27H,5-6,9,14H2,1-4H3. The summed E-state index contributed by atoms with van der Waals surface area (Å²) < 4.78 is 1.78.